The maximum Gasteiger partial charge on any atom is 0.573 e. The first-order valence-corrected chi connectivity index (χ1v) is 3.99. The van der Waals surface area contributed by atoms with Gasteiger partial charge in [0.05, 0.1) is 11.1 Å². The number of aromatic hydroxyl groups is 1. The van der Waals surface area contributed by atoms with E-state index in [4.69, 9.17) is 10.2 Å². The van der Waals surface area contributed by atoms with Crippen LogP contribution in [0.4, 0.5) is 18.9 Å². The molecule has 0 spiro atoms. The summed E-state index contributed by atoms with van der Waals surface area (Å²) in [6.45, 7) is 0. The van der Waals surface area contributed by atoms with Crippen LogP contribution in [0.3, 0.4) is 0 Å². The Balaban J connectivity index is 3.53. The average Bonchev–Trinajstić information content (AvgIpc) is 2.13. The number of hydrogen-bond acceptors (Lipinski definition) is 6. The van der Waals surface area contributed by atoms with Crippen molar-refractivity contribution in [1.82, 2.24) is 4.98 Å². The first-order valence-electron chi connectivity index (χ1n) is 3.99. The normalized spacial score (nSPS) is 11.1. The molecule has 0 amide bonds. The minimum atomic E-state index is -5.37. The molecular weight excluding hydrogens is 265 g/mol. The number of carboxylic acid groups (broad SMARTS) is 1. The molecule has 0 atom stereocenters. The molecular formula is C7H3F3N2O6. The third kappa shape index (κ3) is 2.75. The second-order valence-electron chi connectivity index (χ2n) is 2.78. The van der Waals surface area contributed by atoms with E-state index in [0.29, 0.717) is 6.20 Å². The Morgan fingerprint density at radius 3 is 2.44 bits per heavy atom. The van der Waals surface area contributed by atoms with Gasteiger partial charge in [-0.05, 0) is 0 Å². The van der Waals surface area contributed by atoms with E-state index in [1.807, 2.05) is 0 Å². The van der Waals surface area contributed by atoms with E-state index in [1.54, 1.807) is 0 Å². The number of alkyl halides is 3. The summed E-state index contributed by atoms with van der Waals surface area (Å²) in [6.07, 6.45) is -5.03. The lowest BCUT2D eigenvalue weighted by Crippen LogP contribution is -2.20. The van der Waals surface area contributed by atoms with Gasteiger partial charge < -0.3 is 14.9 Å². The first-order chi connectivity index (χ1) is 8.13. The van der Waals surface area contributed by atoms with Crippen molar-refractivity contribution in [3.8, 4) is 11.5 Å². The molecule has 0 aromatic carbocycles. The molecule has 8 nitrogen and oxygen atoms in total. The smallest absolute Gasteiger partial charge is 0.501 e. The molecule has 1 rings (SSSR count). The first kappa shape index (κ1) is 13.5. The van der Waals surface area contributed by atoms with Crippen LogP contribution in [0.2, 0.25) is 0 Å². The number of ether oxygens (including phenoxy) is 1. The topological polar surface area (TPSA) is 123 Å². The number of hydrogen-bond donors (Lipinski definition) is 2. The van der Waals surface area contributed by atoms with E-state index >= 15 is 0 Å². The Morgan fingerprint density at radius 1 is 1.50 bits per heavy atom. The maximum absolute atomic E-state index is 12.0. The molecule has 2 N–H and O–H groups in total. The van der Waals surface area contributed by atoms with Crippen LogP contribution in [0, 0.1) is 10.1 Å². The number of rotatable bonds is 3. The van der Waals surface area contributed by atoms with E-state index in [-0.39, 0.29) is 0 Å². The Kier molecular flexibility index (Phi) is 3.26. The fourth-order valence-corrected chi connectivity index (χ4v) is 1.02. The third-order valence-electron chi connectivity index (χ3n) is 1.59. The van der Waals surface area contributed by atoms with Gasteiger partial charge in [-0.25, -0.2) is 9.78 Å². The van der Waals surface area contributed by atoms with Gasteiger partial charge in [-0.1, -0.05) is 0 Å². The number of halogens is 3. The van der Waals surface area contributed by atoms with Gasteiger partial charge in [0.15, 0.2) is 5.69 Å². The molecule has 1 heterocycles. The van der Waals surface area contributed by atoms with Gasteiger partial charge in [-0.2, -0.15) is 0 Å². The van der Waals surface area contributed by atoms with E-state index < -0.39 is 40.1 Å². The number of pyridine rings is 1. The third-order valence-corrected chi connectivity index (χ3v) is 1.59. The molecule has 0 aliphatic carbocycles. The standard InChI is InChI=1S/C7H3F3N2O6/c8-7(9,10)18-5-3(6(14)15)11-1-2(13)4(5)12(16)17/h1,13H,(H,14,15). The zero-order chi connectivity index (χ0) is 14.1. The summed E-state index contributed by atoms with van der Waals surface area (Å²) in [5, 5.41) is 28.0. The van der Waals surface area contributed by atoms with Gasteiger partial charge in [-0.15, -0.1) is 13.2 Å². The predicted molar refractivity (Wildman–Crippen MR) is 46.2 cm³/mol. The van der Waals surface area contributed by atoms with E-state index in [2.05, 4.69) is 9.72 Å². The van der Waals surface area contributed by atoms with Crippen LogP contribution < -0.4 is 4.74 Å². The molecule has 11 heteroatoms. The number of nitrogens with zero attached hydrogens (tertiary/aromatic N) is 2. The Morgan fingerprint density at radius 2 is 2.06 bits per heavy atom. The van der Waals surface area contributed by atoms with Crippen LogP contribution >= 0.6 is 0 Å². The fourth-order valence-electron chi connectivity index (χ4n) is 1.02. The summed E-state index contributed by atoms with van der Waals surface area (Å²) in [5.41, 5.74) is -2.86. The Bertz CT molecular complexity index is 515. The Labute approximate surface area is 95.4 Å². The van der Waals surface area contributed by atoms with Gasteiger partial charge in [0.1, 0.15) is 0 Å². The van der Waals surface area contributed by atoms with E-state index in [1.165, 1.54) is 0 Å². The summed E-state index contributed by atoms with van der Waals surface area (Å²) in [7, 11) is 0. The van der Waals surface area contributed by atoms with Crippen molar-refractivity contribution in [1.29, 1.82) is 0 Å². The molecule has 0 saturated heterocycles. The zero-order valence-electron chi connectivity index (χ0n) is 8.13. The molecule has 0 bridgehead atoms. The zero-order valence-corrected chi connectivity index (χ0v) is 8.13. The minimum absolute atomic E-state index is 0.338. The van der Waals surface area contributed by atoms with Crippen LogP contribution in [0.15, 0.2) is 6.20 Å². The van der Waals surface area contributed by atoms with E-state index in [9.17, 15) is 28.1 Å². The van der Waals surface area contributed by atoms with Gasteiger partial charge in [-0.3, -0.25) is 10.1 Å². The molecule has 0 aliphatic rings. The summed E-state index contributed by atoms with van der Waals surface area (Å²) in [5.74, 6) is -4.90. The van der Waals surface area contributed by atoms with Gasteiger partial charge in [0.25, 0.3) is 0 Å². The highest BCUT2D eigenvalue weighted by Crippen LogP contribution is 2.40. The van der Waals surface area contributed by atoms with Gasteiger partial charge in [0.2, 0.25) is 11.5 Å². The van der Waals surface area contributed by atoms with Crippen molar-refractivity contribution in [2.45, 2.75) is 6.36 Å². The summed E-state index contributed by atoms with van der Waals surface area (Å²) in [6, 6.07) is 0. The predicted octanol–water partition coefficient (Wildman–Crippen LogP) is 1.29. The molecule has 18 heavy (non-hydrogen) atoms. The summed E-state index contributed by atoms with van der Waals surface area (Å²) in [4.78, 5) is 22.6. The molecule has 0 fully saturated rings. The second-order valence-corrected chi connectivity index (χ2v) is 2.78. The molecule has 1 aromatic rings. The number of nitro groups is 1. The van der Waals surface area contributed by atoms with Crippen LogP contribution in [-0.2, 0) is 0 Å². The molecule has 98 valence electrons. The SMILES string of the molecule is O=C(O)c1ncc(O)c([N+](=O)[O-])c1OC(F)(F)F. The van der Waals surface area contributed by atoms with Crippen molar-refractivity contribution < 1.29 is 37.8 Å². The van der Waals surface area contributed by atoms with Crippen molar-refractivity contribution >= 4 is 11.7 Å². The molecule has 0 radical (unpaired) electrons. The molecule has 0 unspecified atom stereocenters. The lowest BCUT2D eigenvalue weighted by Gasteiger charge is -2.11. The Hall–Kier alpha value is -2.59. The number of carbonyl (C=O) groups is 1. The van der Waals surface area contributed by atoms with Crippen molar-refractivity contribution in [2.24, 2.45) is 0 Å². The fraction of sp³-hybridized carbons (Fsp3) is 0.143. The largest absolute Gasteiger partial charge is 0.573 e. The second kappa shape index (κ2) is 4.35. The van der Waals surface area contributed by atoms with Crippen LogP contribution in [-0.4, -0.2) is 32.5 Å². The van der Waals surface area contributed by atoms with Crippen molar-refractivity contribution in [2.75, 3.05) is 0 Å². The van der Waals surface area contributed by atoms with Crippen molar-refractivity contribution in [3.05, 3.63) is 22.0 Å². The molecule has 1 aromatic heterocycles. The lowest BCUT2D eigenvalue weighted by molar-refractivity contribution is -0.389. The van der Waals surface area contributed by atoms with Crippen LogP contribution in [0.25, 0.3) is 0 Å². The minimum Gasteiger partial charge on any atom is -0.501 e. The number of carboxylic acids is 1. The lowest BCUT2D eigenvalue weighted by atomic mass is 10.2. The highest BCUT2D eigenvalue weighted by atomic mass is 19.4. The monoisotopic (exact) mass is 268 g/mol. The molecule has 0 saturated carbocycles. The highest BCUT2D eigenvalue weighted by molar-refractivity contribution is 5.91. The van der Waals surface area contributed by atoms with Crippen LogP contribution in [0.5, 0.6) is 11.5 Å². The van der Waals surface area contributed by atoms with Gasteiger partial charge >= 0.3 is 18.0 Å². The van der Waals surface area contributed by atoms with Crippen LogP contribution in [0.1, 0.15) is 10.5 Å². The van der Waals surface area contributed by atoms with Crippen molar-refractivity contribution in [3.63, 3.8) is 0 Å². The summed E-state index contributed by atoms with van der Waals surface area (Å²) < 4.78 is 39.3. The van der Waals surface area contributed by atoms with E-state index in [0.717, 1.165) is 0 Å². The number of aromatic nitrogens is 1. The number of aromatic carboxylic acids is 1. The maximum atomic E-state index is 12.0. The summed E-state index contributed by atoms with van der Waals surface area (Å²) >= 11 is 0. The molecule has 0 aliphatic heterocycles. The average molecular weight is 268 g/mol. The quantitative estimate of drug-likeness (QED) is 0.625. The highest BCUT2D eigenvalue weighted by Gasteiger charge is 2.39. The van der Waals surface area contributed by atoms with Gasteiger partial charge in [0, 0.05) is 0 Å².